The summed E-state index contributed by atoms with van der Waals surface area (Å²) in [6.45, 7) is 12.3. The molecule has 1 saturated heterocycles. The summed E-state index contributed by atoms with van der Waals surface area (Å²) < 4.78 is 0. The van der Waals surface area contributed by atoms with Gasteiger partial charge in [-0.05, 0) is 56.7 Å². The summed E-state index contributed by atoms with van der Waals surface area (Å²) >= 11 is 0. The first-order valence-corrected chi connectivity index (χ1v) is 8.11. The largest absolute Gasteiger partial charge is 0.316 e. The zero-order valence-corrected chi connectivity index (χ0v) is 12.6. The Morgan fingerprint density at radius 3 is 2.44 bits per heavy atom. The summed E-state index contributed by atoms with van der Waals surface area (Å²) in [6, 6.07) is 0.900. The van der Waals surface area contributed by atoms with Crippen LogP contribution >= 0.6 is 0 Å². The molecule has 0 amide bonds. The van der Waals surface area contributed by atoms with Crippen LogP contribution in [0.25, 0.3) is 0 Å². The first-order chi connectivity index (χ1) is 8.66. The predicted molar refractivity (Wildman–Crippen MR) is 78.8 cm³/mol. The standard InChI is InChI=1S/C16H32N2/c1-13(2)8-9-18(16-6-4-5-7-16)12-15-11-17-10-14(15)3/h13-17H,4-12H2,1-3H3. The van der Waals surface area contributed by atoms with Gasteiger partial charge in [-0.3, -0.25) is 0 Å². The minimum Gasteiger partial charge on any atom is -0.316 e. The van der Waals surface area contributed by atoms with Gasteiger partial charge in [-0.1, -0.05) is 33.6 Å². The molecule has 2 fully saturated rings. The molecule has 2 heteroatoms. The minimum atomic E-state index is 0.841. The average Bonchev–Trinajstić information content (AvgIpc) is 2.96. The normalized spacial score (nSPS) is 29.8. The van der Waals surface area contributed by atoms with Crippen molar-refractivity contribution in [1.29, 1.82) is 0 Å². The molecular weight excluding hydrogens is 220 g/mol. The van der Waals surface area contributed by atoms with Gasteiger partial charge in [0.25, 0.3) is 0 Å². The number of hydrogen-bond acceptors (Lipinski definition) is 2. The highest BCUT2D eigenvalue weighted by Crippen LogP contribution is 2.27. The Kier molecular flexibility index (Phi) is 5.50. The molecule has 1 aliphatic carbocycles. The van der Waals surface area contributed by atoms with Crippen LogP contribution < -0.4 is 5.32 Å². The first kappa shape index (κ1) is 14.3. The quantitative estimate of drug-likeness (QED) is 0.781. The van der Waals surface area contributed by atoms with Gasteiger partial charge in [-0.2, -0.15) is 0 Å². The van der Waals surface area contributed by atoms with Crippen LogP contribution in [0.2, 0.25) is 0 Å². The van der Waals surface area contributed by atoms with Crippen molar-refractivity contribution in [3.8, 4) is 0 Å². The van der Waals surface area contributed by atoms with Gasteiger partial charge in [0.1, 0.15) is 0 Å². The molecule has 2 atom stereocenters. The second-order valence-electron chi connectivity index (χ2n) is 7.01. The van der Waals surface area contributed by atoms with E-state index >= 15 is 0 Å². The predicted octanol–water partition coefficient (Wildman–Crippen LogP) is 3.13. The van der Waals surface area contributed by atoms with Crippen LogP contribution in [-0.4, -0.2) is 37.1 Å². The van der Waals surface area contributed by atoms with Gasteiger partial charge in [-0.15, -0.1) is 0 Å². The van der Waals surface area contributed by atoms with Crippen LogP contribution in [0.4, 0.5) is 0 Å². The number of nitrogens with zero attached hydrogens (tertiary/aromatic N) is 1. The summed E-state index contributed by atoms with van der Waals surface area (Å²) in [5.41, 5.74) is 0. The van der Waals surface area contributed by atoms with E-state index in [1.54, 1.807) is 0 Å². The van der Waals surface area contributed by atoms with E-state index in [0.717, 1.165) is 23.8 Å². The van der Waals surface area contributed by atoms with Crippen molar-refractivity contribution in [2.24, 2.45) is 17.8 Å². The summed E-state index contributed by atoms with van der Waals surface area (Å²) in [7, 11) is 0. The lowest BCUT2D eigenvalue weighted by atomic mass is 9.96. The Morgan fingerprint density at radius 2 is 1.89 bits per heavy atom. The van der Waals surface area contributed by atoms with Crippen LogP contribution in [0.1, 0.15) is 52.9 Å². The smallest absolute Gasteiger partial charge is 0.00953 e. The molecule has 1 heterocycles. The van der Waals surface area contributed by atoms with Crippen LogP contribution in [0, 0.1) is 17.8 Å². The lowest BCUT2D eigenvalue weighted by Crippen LogP contribution is -2.40. The van der Waals surface area contributed by atoms with E-state index in [-0.39, 0.29) is 0 Å². The maximum Gasteiger partial charge on any atom is 0.00953 e. The van der Waals surface area contributed by atoms with E-state index in [1.807, 2.05) is 0 Å². The Labute approximate surface area is 114 Å². The van der Waals surface area contributed by atoms with Gasteiger partial charge in [0.2, 0.25) is 0 Å². The average molecular weight is 252 g/mol. The lowest BCUT2D eigenvalue weighted by molar-refractivity contribution is 0.152. The van der Waals surface area contributed by atoms with Crippen molar-refractivity contribution in [1.82, 2.24) is 10.2 Å². The molecule has 0 aromatic heterocycles. The molecule has 2 unspecified atom stereocenters. The molecular formula is C16H32N2. The first-order valence-electron chi connectivity index (χ1n) is 8.11. The van der Waals surface area contributed by atoms with Crippen LogP contribution in [0.5, 0.6) is 0 Å². The maximum atomic E-state index is 3.56. The third kappa shape index (κ3) is 3.96. The van der Waals surface area contributed by atoms with Crippen molar-refractivity contribution in [2.75, 3.05) is 26.2 Å². The zero-order valence-electron chi connectivity index (χ0n) is 12.6. The Hall–Kier alpha value is -0.0800. The lowest BCUT2D eigenvalue weighted by Gasteiger charge is -2.32. The van der Waals surface area contributed by atoms with Crippen molar-refractivity contribution >= 4 is 0 Å². The van der Waals surface area contributed by atoms with E-state index in [2.05, 4.69) is 31.0 Å². The molecule has 2 aliphatic rings. The number of nitrogens with one attached hydrogen (secondary N) is 1. The van der Waals surface area contributed by atoms with Gasteiger partial charge in [-0.25, -0.2) is 0 Å². The second-order valence-corrected chi connectivity index (χ2v) is 7.01. The SMILES string of the molecule is CC(C)CCN(CC1CNCC1C)C1CCCC1. The topological polar surface area (TPSA) is 15.3 Å². The summed E-state index contributed by atoms with van der Waals surface area (Å²) in [6.07, 6.45) is 7.19. The fourth-order valence-electron chi connectivity index (χ4n) is 3.53. The molecule has 1 aliphatic heterocycles. The van der Waals surface area contributed by atoms with Crippen molar-refractivity contribution in [2.45, 2.75) is 58.9 Å². The second kappa shape index (κ2) is 6.91. The van der Waals surface area contributed by atoms with Crippen molar-refractivity contribution in [3.63, 3.8) is 0 Å². The highest BCUT2D eigenvalue weighted by Gasteiger charge is 2.29. The van der Waals surface area contributed by atoms with E-state index in [1.165, 1.54) is 58.3 Å². The number of rotatable bonds is 6. The fraction of sp³-hybridized carbons (Fsp3) is 1.00. The van der Waals surface area contributed by atoms with Gasteiger partial charge < -0.3 is 10.2 Å². The van der Waals surface area contributed by atoms with Gasteiger partial charge in [0.15, 0.2) is 0 Å². The van der Waals surface area contributed by atoms with E-state index in [4.69, 9.17) is 0 Å². The summed E-state index contributed by atoms with van der Waals surface area (Å²) in [5, 5.41) is 3.56. The molecule has 0 bridgehead atoms. The zero-order chi connectivity index (χ0) is 13.0. The van der Waals surface area contributed by atoms with E-state index < -0.39 is 0 Å². The molecule has 0 radical (unpaired) electrons. The fourth-order valence-corrected chi connectivity index (χ4v) is 3.53. The molecule has 106 valence electrons. The monoisotopic (exact) mass is 252 g/mol. The van der Waals surface area contributed by atoms with Gasteiger partial charge in [0, 0.05) is 12.6 Å². The third-order valence-corrected chi connectivity index (χ3v) is 4.98. The van der Waals surface area contributed by atoms with E-state index in [9.17, 15) is 0 Å². The highest BCUT2D eigenvalue weighted by atomic mass is 15.2. The molecule has 1 N–H and O–H groups in total. The van der Waals surface area contributed by atoms with E-state index in [0.29, 0.717) is 0 Å². The van der Waals surface area contributed by atoms with Crippen molar-refractivity contribution in [3.05, 3.63) is 0 Å². The third-order valence-electron chi connectivity index (χ3n) is 4.98. The van der Waals surface area contributed by atoms with Crippen LogP contribution in [0.3, 0.4) is 0 Å². The summed E-state index contributed by atoms with van der Waals surface area (Å²) in [4.78, 5) is 2.83. The molecule has 18 heavy (non-hydrogen) atoms. The Morgan fingerprint density at radius 1 is 1.17 bits per heavy atom. The molecule has 2 nitrogen and oxygen atoms in total. The van der Waals surface area contributed by atoms with Crippen LogP contribution in [-0.2, 0) is 0 Å². The molecule has 0 aromatic carbocycles. The van der Waals surface area contributed by atoms with Gasteiger partial charge in [0.05, 0.1) is 0 Å². The molecule has 0 spiro atoms. The van der Waals surface area contributed by atoms with Crippen molar-refractivity contribution < 1.29 is 0 Å². The van der Waals surface area contributed by atoms with Gasteiger partial charge >= 0.3 is 0 Å². The Balaban J connectivity index is 1.86. The molecule has 2 rings (SSSR count). The molecule has 1 saturated carbocycles. The van der Waals surface area contributed by atoms with Crippen LogP contribution in [0.15, 0.2) is 0 Å². The minimum absolute atomic E-state index is 0.841. The summed E-state index contributed by atoms with van der Waals surface area (Å²) in [5.74, 6) is 2.60. The maximum absolute atomic E-state index is 3.56. The number of hydrogen-bond donors (Lipinski definition) is 1. The highest BCUT2D eigenvalue weighted by molar-refractivity contribution is 4.85. The molecule has 0 aromatic rings. The Bertz CT molecular complexity index is 233.